The Kier molecular flexibility index (Phi) is 10.6. The summed E-state index contributed by atoms with van der Waals surface area (Å²) in [6.07, 6.45) is 3.96. The van der Waals surface area contributed by atoms with E-state index < -0.39 is 0 Å². The van der Waals surface area contributed by atoms with Crippen molar-refractivity contribution in [3.63, 3.8) is 0 Å². The maximum atomic E-state index is 5.79. The molecule has 0 aliphatic carbocycles. The average Bonchev–Trinajstić information content (AvgIpc) is 3.35. The van der Waals surface area contributed by atoms with Crippen LogP contribution < -0.4 is 20.1 Å². The molecule has 1 aliphatic heterocycles. The van der Waals surface area contributed by atoms with Crippen LogP contribution in [0.1, 0.15) is 25.3 Å². The Morgan fingerprint density at radius 3 is 2.72 bits per heavy atom. The van der Waals surface area contributed by atoms with Gasteiger partial charge in [-0.15, -0.1) is 0 Å². The number of rotatable bonds is 13. The summed E-state index contributed by atoms with van der Waals surface area (Å²) < 4.78 is 22.4. The zero-order chi connectivity index (χ0) is 22.3. The van der Waals surface area contributed by atoms with Crippen molar-refractivity contribution in [2.24, 2.45) is 4.99 Å². The van der Waals surface area contributed by atoms with Crippen LogP contribution in [0.2, 0.25) is 0 Å². The lowest BCUT2D eigenvalue weighted by molar-refractivity contribution is 0.0420. The standard InChI is InChI=1S/C24H34N4O4/c1-2-25-24(26-12-6-13-30-22-11-14-29-19-22)28-18-20-9-10-23(27-17-20)32-16-15-31-21-7-4-3-5-8-21/h3-5,7-10,17,22H,2,6,11-16,18-19H2,1H3,(H2,25,26,28). The van der Waals surface area contributed by atoms with Crippen molar-refractivity contribution in [2.45, 2.75) is 32.4 Å². The SMILES string of the molecule is CCNC(=NCc1ccc(OCCOc2ccccc2)nc1)NCCCOC1CCOC1. The van der Waals surface area contributed by atoms with Gasteiger partial charge in [0.1, 0.15) is 19.0 Å². The molecule has 0 bridgehead atoms. The Hall–Kier alpha value is -2.84. The van der Waals surface area contributed by atoms with Crippen LogP contribution in [0.15, 0.2) is 53.7 Å². The molecule has 1 aromatic heterocycles. The van der Waals surface area contributed by atoms with Gasteiger partial charge in [0, 0.05) is 38.6 Å². The Bertz CT molecular complexity index is 780. The van der Waals surface area contributed by atoms with Crippen molar-refractivity contribution < 1.29 is 18.9 Å². The largest absolute Gasteiger partial charge is 0.490 e. The highest BCUT2D eigenvalue weighted by Crippen LogP contribution is 2.11. The second-order valence-corrected chi connectivity index (χ2v) is 7.35. The lowest BCUT2D eigenvalue weighted by Crippen LogP contribution is -2.38. The highest BCUT2D eigenvalue weighted by Gasteiger charge is 2.15. The molecular weight excluding hydrogens is 408 g/mol. The third-order valence-electron chi connectivity index (χ3n) is 4.76. The van der Waals surface area contributed by atoms with Gasteiger partial charge < -0.3 is 29.6 Å². The van der Waals surface area contributed by atoms with Crippen molar-refractivity contribution in [3.8, 4) is 11.6 Å². The highest BCUT2D eigenvalue weighted by atomic mass is 16.5. The first-order chi connectivity index (χ1) is 15.8. The van der Waals surface area contributed by atoms with Gasteiger partial charge in [0.25, 0.3) is 0 Å². The van der Waals surface area contributed by atoms with E-state index in [1.807, 2.05) is 42.5 Å². The first kappa shape index (κ1) is 23.8. The van der Waals surface area contributed by atoms with Crippen LogP contribution in [0.4, 0.5) is 0 Å². The Morgan fingerprint density at radius 2 is 1.97 bits per heavy atom. The van der Waals surface area contributed by atoms with Crippen LogP contribution in [0.5, 0.6) is 11.6 Å². The zero-order valence-electron chi connectivity index (χ0n) is 18.8. The summed E-state index contributed by atoms with van der Waals surface area (Å²) >= 11 is 0. The first-order valence-corrected chi connectivity index (χ1v) is 11.3. The lowest BCUT2D eigenvalue weighted by atomic mass is 10.3. The highest BCUT2D eigenvalue weighted by molar-refractivity contribution is 5.79. The van der Waals surface area contributed by atoms with Gasteiger partial charge in [0.15, 0.2) is 5.96 Å². The summed E-state index contributed by atoms with van der Waals surface area (Å²) in [5.74, 6) is 2.19. The van der Waals surface area contributed by atoms with Crippen LogP contribution in [-0.4, -0.2) is 63.2 Å². The topological polar surface area (TPSA) is 86.2 Å². The number of hydrogen-bond donors (Lipinski definition) is 2. The third-order valence-corrected chi connectivity index (χ3v) is 4.76. The molecule has 174 valence electrons. The number of para-hydroxylation sites is 1. The van der Waals surface area contributed by atoms with Crippen LogP contribution >= 0.6 is 0 Å². The number of hydrogen-bond acceptors (Lipinski definition) is 6. The first-order valence-electron chi connectivity index (χ1n) is 11.3. The maximum Gasteiger partial charge on any atom is 0.213 e. The predicted octanol–water partition coefficient (Wildman–Crippen LogP) is 2.79. The molecule has 1 aliphatic rings. The Morgan fingerprint density at radius 1 is 1.09 bits per heavy atom. The molecule has 1 aromatic carbocycles. The van der Waals surface area contributed by atoms with Crippen molar-refractivity contribution in [1.29, 1.82) is 0 Å². The summed E-state index contributed by atoms with van der Waals surface area (Å²) in [5, 5.41) is 6.61. The molecule has 8 heteroatoms. The molecule has 2 N–H and O–H groups in total. The average molecular weight is 443 g/mol. The number of nitrogens with one attached hydrogen (secondary N) is 2. The smallest absolute Gasteiger partial charge is 0.213 e. The molecule has 0 saturated carbocycles. The molecule has 2 heterocycles. The fourth-order valence-corrected chi connectivity index (χ4v) is 3.10. The van der Waals surface area contributed by atoms with Gasteiger partial charge in [-0.05, 0) is 37.5 Å². The van der Waals surface area contributed by atoms with Crippen LogP contribution in [-0.2, 0) is 16.0 Å². The minimum absolute atomic E-state index is 0.257. The molecule has 1 atom stereocenters. The summed E-state index contributed by atoms with van der Waals surface area (Å²) in [4.78, 5) is 8.99. The van der Waals surface area contributed by atoms with Gasteiger partial charge in [0.2, 0.25) is 5.88 Å². The van der Waals surface area contributed by atoms with Gasteiger partial charge in [-0.2, -0.15) is 0 Å². The number of aliphatic imine (C=N–C) groups is 1. The number of nitrogens with zero attached hydrogens (tertiary/aromatic N) is 2. The fourth-order valence-electron chi connectivity index (χ4n) is 3.10. The Balaban J connectivity index is 1.33. The number of guanidine groups is 1. The van der Waals surface area contributed by atoms with Gasteiger partial charge in [-0.25, -0.2) is 9.98 Å². The summed E-state index contributed by atoms with van der Waals surface area (Å²) in [6.45, 7) is 7.35. The number of ether oxygens (including phenoxy) is 4. The van der Waals surface area contributed by atoms with E-state index in [1.165, 1.54) is 0 Å². The monoisotopic (exact) mass is 442 g/mol. The fraction of sp³-hybridized carbons (Fsp3) is 0.500. The van der Waals surface area contributed by atoms with E-state index in [0.717, 1.165) is 63.0 Å². The summed E-state index contributed by atoms with van der Waals surface area (Å²) in [6, 6.07) is 13.5. The Labute approximate surface area is 190 Å². The zero-order valence-corrected chi connectivity index (χ0v) is 18.8. The summed E-state index contributed by atoms with van der Waals surface area (Å²) in [7, 11) is 0. The summed E-state index contributed by atoms with van der Waals surface area (Å²) in [5.41, 5.74) is 1.01. The lowest BCUT2D eigenvalue weighted by Gasteiger charge is -2.13. The molecule has 0 radical (unpaired) electrons. The van der Waals surface area contributed by atoms with E-state index in [4.69, 9.17) is 18.9 Å². The van der Waals surface area contributed by atoms with Gasteiger partial charge in [-0.1, -0.05) is 24.3 Å². The van der Waals surface area contributed by atoms with E-state index >= 15 is 0 Å². The molecule has 2 aromatic rings. The molecule has 3 rings (SSSR count). The van der Waals surface area contributed by atoms with Gasteiger partial charge in [-0.3, -0.25) is 0 Å². The van der Waals surface area contributed by atoms with Gasteiger partial charge in [0.05, 0.1) is 19.3 Å². The molecule has 1 unspecified atom stereocenters. The third kappa shape index (κ3) is 9.11. The molecule has 1 saturated heterocycles. The maximum absolute atomic E-state index is 5.79. The van der Waals surface area contributed by atoms with E-state index in [1.54, 1.807) is 6.20 Å². The van der Waals surface area contributed by atoms with E-state index in [-0.39, 0.29) is 6.10 Å². The normalized spacial score (nSPS) is 16.0. The number of benzene rings is 1. The minimum atomic E-state index is 0.257. The van der Waals surface area contributed by atoms with Gasteiger partial charge >= 0.3 is 0 Å². The van der Waals surface area contributed by atoms with Crippen LogP contribution in [0.25, 0.3) is 0 Å². The van der Waals surface area contributed by atoms with E-state index in [9.17, 15) is 0 Å². The second-order valence-electron chi connectivity index (χ2n) is 7.35. The predicted molar refractivity (Wildman–Crippen MR) is 124 cm³/mol. The molecule has 0 amide bonds. The molecule has 32 heavy (non-hydrogen) atoms. The van der Waals surface area contributed by atoms with E-state index in [2.05, 4.69) is 27.5 Å². The van der Waals surface area contributed by atoms with Crippen molar-refractivity contribution in [3.05, 3.63) is 54.2 Å². The minimum Gasteiger partial charge on any atom is -0.490 e. The van der Waals surface area contributed by atoms with Crippen molar-refractivity contribution >= 4 is 5.96 Å². The molecule has 8 nitrogen and oxygen atoms in total. The number of pyridine rings is 1. The second kappa shape index (κ2) is 14.3. The van der Waals surface area contributed by atoms with Crippen molar-refractivity contribution in [2.75, 3.05) is 46.1 Å². The van der Waals surface area contributed by atoms with Crippen LogP contribution in [0.3, 0.4) is 0 Å². The van der Waals surface area contributed by atoms with E-state index in [0.29, 0.717) is 25.6 Å². The van der Waals surface area contributed by atoms with Crippen molar-refractivity contribution in [1.82, 2.24) is 15.6 Å². The quantitative estimate of drug-likeness (QED) is 0.280. The number of aromatic nitrogens is 1. The molecule has 0 spiro atoms. The molecular formula is C24H34N4O4. The molecule has 1 fully saturated rings. The van der Waals surface area contributed by atoms with Crippen LogP contribution in [0, 0.1) is 0 Å².